The molecule has 4 aromatic rings. The molecule has 0 heterocycles. The molecule has 31 heavy (non-hydrogen) atoms. The average molecular weight is 411 g/mol. The number of rotatable bonds is 3. The van der Waals surface area contributed by atoms with Crippen molar-refractivity contribution in [1.82, 2.24) is 0 Å². The SMILES string of the molecule is CN(c1ccccc1F)c1ccc(-c2cccc3c2C(C)(C)c2ccccc2-3)cc1F. The highest BCUT2D eigenvalue weighted by molar-refractivity contribution is 5.88. The average Bonchev–Trinajstić information content (AvgIpc) is 3.01. The van der Waals surface area contributed by atoms with E-state index in [0.717, 1.165) is 11.1 Å². The Hall–Kier alpha value is -3.46. The van der Waals surface area contributed by atoms with Gasteiger partial charge >= 0.3 is 0 Å². The van der Waals surface area contributed by atoms with Crippen molar-refractivity contribution < 1.29 is 8.78 Å². The Balaban J connectivity index is 1.61. The lowest BCUT2D eigenvalue weighted by Gasteiger charge is -2.25. The van der Waals surface area contributed by atoms with Crippen molar-refractivity contribution in [2.45, 2.75) is 19.3 Å². The second kappa shape index (κ2) is 7.05. The molecule has 0 saturated heterocycles. The minimum atomic E-state index is -0.381. The zero-order chi connectivity index (χ0) is 21.8. The van der Waals surface area contributed by atoms with Crippen molar-refractivity contribution in [2.24, 2.45) is 0 Å². The molecular weight excluding hydrogens is 388 g/mol. The first-order valence-electron chi connectivity index (χ1n) is 10.4. The van der Waals surface area contributed by atoms with E-state index in [2.05, 4.69) is 50.2 Å². The van der Waals surface area contributed by atoms with Crippen LogP contribution in [0, 0.1) is 11.6 Å². The van der Waals surface area contributed by atoms with Crippen molar-refractivity contribution in [3.63, 3.8) is 0 Å². The molecule has 0 aromatic heterocycles. The van der Waals surface area contributed by atoms with E-state index in [-0.39, 0.29) is 17.0 Å². The number of nitrogens with zero attached hydrogens (tertiary/aromatic N) is 1. The third-order valence-electron chi connectivity index (χ3n) is 6.41. The zero-order valence-electron chi connectivity index (χ0n) is 17.8. The van der Waals surface area contributed by atoms with Crippen LogP contribution in [0.1, 0.15) is 25.0 Å². The molecule has 0 aliphatic heterocycles. The van der Waals surface area contributed by atoms with Gasteiger partial charge in [-0.25, -0.2) is 8.78 Å². The Morgan fingerprint density at radius 3 is 2.06 bits per heavy atom. The number of para-hydroxylation sites is 1. The maximum Gasteiger partial charge on any atom is 0.147 e. The molecule has 4 aromatic carbocycles. The predicted molar refractivity (Wildman–Crippen MR) is 124 cm³/mol. The van der Waals surface area contributed by atoms with Gasteiger partial charge in [0.25, 0.3) is 0 Å². The molecule has 0 N–H and O–H groups in total. The topological polar surface area (TPSA) is 3.24 Å². The quantitative estimate of drug-likeness (QED) is 0.334. The summed E-state index contributed by atoms with van der Waals surface area (Å²) in [6.45, 7) is 4.44. The van der Waals surface area contributed by atoms with Crippen LogP contribution < -0.4 is 4.90 Å². The summed E-state index contributed by atoms with van der Waals surface area (Å²) in [5, 5.41) is 0. The fraction of sp³-hybridized carbons (Fsp3) is 0.143. The van der Waals surface area contributed by atoms with Gasteiger partial charge in [-0.3, -0.25) is 0 Å². The van der Waals surface area contributed by atoms with E-state index in [4.69, 9.17) is 0 Å². The fourth-order valence-corrected chi connectivity index (χ4v) is 4.89. The lowest BCUT2D eigenvalue weighted by atomic mass is 9.79. The predicted octanol–water partition coefficient (Wildman–Crippen LogP) is 7.71. The van der Waals surface area contributed by atoms with Crippen LogP contribution >= 0.6 is 0 Å². The van der Waals surface area contributed by atoms with Crippen LogP contribution in [0.2, 0.25) is 0 Å². The zero-order valence-corrected chi connectivity index (χ0v) is 17.8. The molecule has 154 valence electrons. The highest BCUT2D eigenvalue weighted by atomic mass is 19.1. The lowest BCUT2D eigenvalue weighted by Crippen LogP contribution is -2.16. The molecular formula is C28H23F2N. The first kappa shape index (κ1) is 19.5. The molecule has 1 nitrogen and oxygen atoms in total. The van der Waals surface area contributed by atoms with Crippen LogP contribution in [0.25, 0.3) is 22.3 Å². The molecule has 1 aliphatic carbocycles. The van der Waals surface area contributed by atoms with Crippen molar-refractivity contribution >= 4 is 11.4 Å². The molecule has 0 saturated carbocycles. The number of halogens is 2. The highest BCUT2D eigenvalue weighted by Crippen LogP contribution is 2.52. The summed E-state index contributed by atoms with van der Waals surface area (Å²) in [4.78, 5) is 1.55. The van der Waals surface area contributed by atoms with Gasteiger partial charge in [0.15, 0.2) is 0 Å². The lowest BCUT2D eigenvalue weighted by molar-refractivity contribution is 0.617. The molecule has 0 fully saturated rings. The van der Waals surface area contributed by atoms with E-state index in [1.165, 1.54) is 28.3 Å². The normalized spacial score (nSPS) is 13.6. The van der Waals surface area contributed by atoms with Gasteiger partial charge in [0, 0.05) is 12.5 Å². The smallest absolute Gasteiger partial charge is 0.147 e. The van der Waals surface area contributed by atoms with Crippen LogP contribution in [-0.2, 0) is 5.41 Å². The van der Waals surface area contributed by atoms with Gasteiger partial charge < -0.3 is 4.90 Å². The molecule has 3 heteroatoms. The summed E-state index contributed by atoms with van der Waals surface area (Å²) >= 11 is 0. The first-order chi connectivity index (χ1) is 14.9. The summed E-state index contributed by atoms with van der Waals surface area (Å²) in [6.07, 6.45) is 0. The van der Waals surface area contributed by atoms with E-state index in [9.17, 15) is 4.39 Å². The van der Waals surface area contributed by atoms with Crippen LogP contribution in [-0.4, -0.2) is 7.05 Å². The number of anilines is 2. The second-order valence-electron chi connectivity index (χ2n) is 8.58. The molecule has 0 amide bonds. The largest absolute Gasteiger partial charge is 0.340 e. The van der Waals surface area contributed by atoms with E-state index >= 15 is 4.39 Å². The second-order valence-corrected chi connectivity index (χ2v) is 8.58. The van der Waals surface area contributed by atoms with Crippen LogP contribution in [0.5, 0.6) is 0 Å². The molecule has 0 spiro atoms. The third-order valence-corrected chi connectivity index (χ3v) is 6.41. The minimum absolute atomic E-state index is 0.179. The molecule has 0 radical (unpaired) electrons. The van der Waals surface area contributed by atoms with Gasteiger partial charge in [-0.2, -0.15) is 0 Å². The molecule has 5 rings (SSSR count). The fourth-order valence-electron chi connectivity index (χ4n) is 4.89. The number of benzene rings is 4. The van der Waals surface area contributed by atoms with E-state index in [1.54, 1.807) is 42.3 Å². The van der Waals surface area contributed by atoms with Crippen molar-refractivity contribution in [3.8, 4) is 22.3 Å². The first-order valence-corrected chi connectivity index (χ1v) is 10.4. The monoisotopic (exact) mass is 411 g/mol. The Labute approximate surface area is 181 Å². The minimum Gasteiger partial charge on any atom is -0.340 e. The standard InChI is InChI=1S/C28H23F2N/c1-28(2)22-12-5-4-9-20(22)21-11-8-10-19(27(21)28)18-15-16-26(24(30)17-18)31(3)25-14-7-6-13-23(25)29/h4-17H,1-3H3. The summed E-state index contributed by atoms with van der Waals surface area (Å²) in [5.74, 6) is -0.761. The summed E-state index contributed by atoms with van der Waals surface area (Å²) in [6, 6.07) is 26.3. The van der Waals surface area contributed by atoms with Crippen LogP contribution in [0.4, 0.5) is 20.2 Å². The summed E-state index contributed by atoms with van der Waals surface area (Å²) in [5.41, 5.74) is 7.28. The van der Waals surface area contributed by atoms with Gasteiger partial charge in [0.2, 0.25) is 0 Å². The van der Waals surface area contributed by atoms with Crippen molar-refractivity contribution in [1.29, 1.82) is 0 Å². The molecule has 1 aliphatic rings. The maximum atomic E-state index is 15.2. The van der Waals surface area contributed by atoms with Gasteiger partial charge in [-0.15, -0.1) is 0 Å². The molecule has 0 atom stereocenters. The molecule has 0 unspecified atom stereocenters. The Kier molecular flexibility index (Phi) is 4.44. The van der Waals surface area contributed by atoms with Gasteiger partial charge in [0.1, 0.15) is 11.6 Å². The van der Waals surface area contributed by atoms with E-state index in [1.807, 2.05) is 12.1 Å². The van der Waals surface area contributed by atoms with Crippen LogP contribution in [0.3, 0.4) is 0 Å². The van der Waals surface area contributed by atoms with E-state index in [0.29, 0.717) is 11.4 Å². The number of fused-ring (bicyclic) bond motifs is 3. The van der Waals surface area contributed by atoms with E-state index < -0.39 is 0 Å². The Morgan fingerprint density at radius 2 is 1.29 bits per heavy atom. The van der Waals surface area contributed by atoms with Gasteiger partial charge in [0.05, 0.1) is 11.4 Å². The van der Waals surface area contributed by atoms with Gasteiger partial charge in [-0.05, 0) is 57.6 Å². The van der Waals surface area contributed by atoms with Gasteiger partial charge in [-0.1, -0.05) is 74.5 Å². The van der Waals surface area contributed by atoms with Crippen molar-refractivity contribution in [3.05, 3.63) is 108 Å². The molecule has 0 bridgehead atoms. The Morgan fingerprint density at radius 1 is 0.645 bits per heavy atom. The Bertz CT molecular complexity index is 1310. The van der Waals surface area contributed by atoms with Crippen molar-refractivity contribution in [2.75, 3.05) is 11.9 Å². The number of hydrogen-bond donors (Lipinski definition) is 0. The summed E-state index contributed by atoms with van der Waals surface area (Å²) < 4.78 is 29.4. The highest BCUT2D eigenvalue weighted by Gasteiger charge is 2.37. The maximum absolute atomic E-state index is 15.2. The summed E-state index contributed by atoms with van der Waals surface area (Å²) in [7, 11) is 1.68. The third kappa shape index (κ3) is 2.96. The van der Waals surface area contributed by atoms with Crippen LogP contribution in [0.15, 0.2) is 84.9 Å². The number of hydrogen-bond acceptors (Lipinski definition) is 1.